The van der Waals surface area contributed by atoms with E-state index < -0.39 is 0 Å². The van der Waals surface area contributed by atoms with Crippen LogP contribution >= 0.6 is 0 Å². The van der Waals surface area contributed by atoms with Gasteiger partial charge in [0.2, 0.25) is 11.8 Å². The molecule has 0 radical (unpaired) electrons. The summed E-state index contributed by atoms with van der Waals surface area (Å²) in [5.74, 6) is 0.225. The standard InChI is InChI=1S/C21H31N3O2/c1-16-7-6-8-17(2)24(16)12-11-22-20(25)15-23-14-19(13-21(23)26)18-9-4-3-5-10-18/h3-5,9-10,16-17,19H,6-8,11-15H2,1-2H3,(H,22,25). The molecule has 1 N–H and O–H groups in total. The lowest BCUT2D eigenvalue weighted by Crippen LogP contribution is -2.48. The lowest BCUT2D eigenvalue weighted by atomic mass is 9.98. The molecule has 142 valence electrons. The quantitative estimate of drug-likeness (QED) is 0.850. The van der Waals surface area contributed by atoms with Crippen LogP contribution in [0.5, 0.6) is 0 Å². The van der Waals surface area contributed by atoms with Crippen molar-refractivity contribution in [3.63, 3.8) is 0 Å². The van der Waals surface area contributed by atoms with Crippen LogP contribution in [0.25, 0.3) is 0 Å². The van der Waals surface area contributed by atoms with Crippen LogP contribution in [0, 0.1) is 0 Å². The summed E-state index contributed by atoms with van der Waals surface area (Å²) in [5, 5.41) is 3.00. The molecule has 2 fully saturated rings. The predicted molar refractivity (Wildman–Crippen MR) is 103 cm³/mol. The van der Waals surface area contributed by atoms with Crippen molar-refractivity contribution in [2.24, 2.45) is 0 Å². The lowest BCUT2D eigenvalue weighted by Gasteiger charge is -2.39. The zero-order chi connectivity index (χ0) is 18.5. The highest BCUT2D eigenvalue weighted by Crippen LogP contribution is 2.27. The third-order valence-electron chi connectivity index (χ3n) is 5.89. The fourth-order valence-corrected chi connectivity index (χ4v) is 4.34. The lowest BCUT2D eigenvalue weighted by molar-refractivity contribution is -0.133. The van der Waals surface area contributed by atoms with Gasteiger partial charge in [-0.15, -0.1) is 0 Å². The van der Waals surface area contributed by atoms with E-state index in [9.17, 15) is 9.59 Å². The van der Waals surface area contributed by atoms with E-state index in [4.69, 9.17) is 0 Å². The molecule has 5 heteroatoms. The minimum Gasteiger partial charge on any atom is -0.353 e. The number of rotatable bonds is 6. The molecule has 2 heterocycles. The average Bonchev–Trinajstić information content (AvgIpc) is 2.99. The van der Waals surface area contributed by atoms with Gasteiger partial charge in [-0.3, -0.25) is 14.5 Å². The highest BCUT2D eigenvalue weighted by molar-refractivity contribution is 5.86. The van der Waals surface area contributed by atoms with E-state index in [2.05, 4.69) is 36.2 Å². The number of carbonyl (C=O) groups is 2. The van der Waals surface area contributed by atoms with E-state index in [0.717, 1.165) is 6.54 Å². The number of nitrogens with one attached hydrogen (secondary N) is 1. The Hall–Kier alpha value is -1.88. The molecule has 0 aromatic heterocycles. The van der Waals surface area contributed by atoms with Crippen molar-refractivity contribution in [3.05, 3.63) is 35.9 Å². The predicted octanol–water partition coefficient (Wildman–Crippen LogP) is 2.38. The fraction of sp³-hybridized carbons (Fsp3) is 0.619. The largest absolute Gasteiger partial charge is 0.353 e. The third kappa shape index (κ3) is 4.64. The van der Waals surface area contributed by atoms with Crippen molar-refractivity contribution in [3.8, 4) is 0 Å². The van der Waals surface area contributed by atoms with Crippen molar-refractivity contribution in [2.45, 2.75) is 57.5 Å². The van der Waals surface area contributed by atoms with E-state index in [-0.39, 0.29) is 24.3 Å². The summed E-state index contributed by atoms with van der Waals surface area (Å²) < 4.78 is 0. The number of likely N-dealkylation sites (tertiary alicyclic amines) is 2. The summed E-state index contributed by atoms with van der Waals surface area (Å²) in [6.45, 7) is 6.88. The summed E-state index contributed by atoms with van der Waals surface area (Å²) in [7, 11) is 0. The average molecular weight is 357 g/mol. The first-order valence-corrected chi connectivity index (χ1v) is 9.89. The summed E-state index contributed by atoms with van der Waals surface area (Å²) >= 11 is 0. The molecule has 0 aliphatic carbocycles. The number of nitrogens with zero attached hydrogens (tertiary/aromatic N) is 2. The third-order valence-corrected chi connectivity index (χ3v) is 5.89. The highest BCUT2D eigenvalue weighted by atomic mass is 16.2. The molecule has 3 atom stereocenters. The van der Waals surface area contributed by atoms with Gasteiger partial charge in [0.05, 0.1) is 6.54 Å². The Labute approximate surface area is 156 Å². The second kappa shape index (κ2) is 8.67. The molecule has 1 aromatic carbocycles. The Morgan fingerprint density at radius 1 is 1.15 bits per heavy atom. The minimum atomic E-state index is -0.0515. The number of hydrogen-bond acceptors (Lipinski definition) is 3. The zero-order valence-electron chi connectivity index (χ0n) is 16.0. The molecule has 2 aliphatic rings. The molecule has 2 saturated heterocycles. The van der Waals surface area contributed by atoms with Crippen molar-refractivity contribution < 1.29 is 9.59 Å². The summed E-state index contributed by atoms with van der Waals surface area (Å²) in [6, 6.07) is 11.3. The van der Waals surface area contributed by atoms with E-state index in [0.29, 0.717) is 31.6 Å². The van der Waals surface area contributed by atoms with Gasteiger partial charge in [-0.05, 0) is 32.3 Å². The van der Waals surface area contributed by atoms with Crippen molar-refractivity contribution >= 4 is 11.8 Å². The Kier molecular flexibility index (Phi) is 6.30. The van der Waals surface area contributed by atoms with E-state index in [1.807, 2.05) is 18.2 Å². The molecule has 26 heavy (non-hydrogen) atoms. The molecular formula is C21H31N3O2. The van der Waals surface area contributed by atoms with Gasteiger partial charge in [0.15, 0.2) is 0 Å². The Morgan fingerprint density at radius 3 is 2.54 bits per heavy atom. The van der Waals surface area contributed by atoms with Crippen LogP contribution in [-0.4, -0.2) is 59.9 Å². The van der Waals surface area contributed by atoms with Gasteiger partial charge in [-0.25, -0.2) is 0 Å². The fourth-order valence-electron chi connectivity index (χ4n) is 4.34. The maximum absolute atomic E-state index is 12.3. The molecule has 3 rings (SSSR count). The van der Waals surface area contributed by atoms with Gasteiger partial charge in [0.1, 0.15) is 0 Å². The molecule has 5 nitrogen and oxygen atoms in total. The summed E-state index contributed by atoms with van der Waals surface area (Å²) in [4.78, 5) is 28.7. The zero-order valence-corrected chi connectivity index (χ0v) is 16.0. The Morgan fingerprint density at radius 2 is 1.85 bits per heavy atom. The van der Waals surface area contributed by atoms with Gasteiger partial charge < -0.3 is 10.2 Å². The second-order valence-corrected chi connectivity index (χ2v) is 7.80. The van der Waals surface area contributed by atoms with Gasteiger partial charge in [-0.1, -0.05) is 36.8 Å². The molecule has 0 saturated carbocycles. The molecule has 3 unspecified atom stereocenters. The maximum atomic E-state index is 12.3. The van der Waals surface area contributed by atoms with E-state index >= 15 is 0 Å². The molecular weight excluding hydrogens is 326 g/mol. The normalized spacial score (nSPS) is 26.9. The van der Waals surface area contributed by atoms with Crippen LogP contribution in [0.15, 0.2) is 30.3 Å². The number of piperidine rings is 1. The molecule has 2 aliphatic heterocycles. The highest BCUT2D eigenvalue weighted by Gasteiger charge is 2.31. The monoisotopic (exact) mass is 357 g/mol. The number of benzene rings is 1. The van der Waals surface area contributed by atoms with Crippen LogP contribution in [0.2, 0.25) is 0 Å². The van der Waals surface area contributed by atoms with Crippen LogP contribution < -0.4 is 5.32 Å². The van der Waals surface area contributed by atoms with Gasteiger partial charge in [0.25, 0.3) is 0 Å². The molecule has 0 bridgehead atoms. The van der Waals surface area contributed by atoms with Gasteiger partial charge in [-0.2, -0.15) is 0 Å². The number of carbonyl (C=O) groups excluding carboxylic acids is 2. The molecule has 2 amide bonds. The Balaban J connectivity index is 1.43. The van der Waals surface area contributed by atoms with E-state index in [1.54, 1.807) is 4.90 Å². The van der Waals surface area contributed by atoms with Crippen molar-refractivity contribution in [1.82, 2.24) is 15.1 Å². The van der Waals surface area contributed by atoms with Crippen molar-refractivity contribution in [2.75, 3.05) is 26.2 Å². The number of amides is 2. The Bertz CT molecular complexity index is 609. The molecule has 0 spiro atoms. The minimum absolute atomic E-state index is 0.0515. The second-order valence-electron chi connectivity index (χ2n) is 7.80. The topological polar surface area (TPSA) is 52.7 Å². The van der Waals surface area contributed by atoms with Gasteiger partial charge >= 0.3 is 0 Å². The summed E-state index contributed by atoms with van der Waals surface area (Å²) in [6.07, 6.45) is 4.27. The molecule has 1 aromatic rings. The first-order valence-electron chi connectivity index (χ1n) is 9.89. The SMILES string of the molecule is CC1CCCC(C)N1CCNC(=O)CN1CC(c2ccccc2)CC1=O. The van der Waals surface area contributed by atoms with Crippen LogP contribution in [0.3, 0.4) is 0 Å². The summed E-state index contributed by atoms with van der Waals surface area (Å²) in [5.41, 5.74) is 1.18. The first kappa shape index (κ1) is 18.9. The number of hydrogen-bond donors (Lipinski definition) is 1. The van der Waals surface area contributed by atoms with Crippen LogP contribution in [0.1, 0.15) is 51.0 Å². The van der Waals surface area contributed by atoms with Crippen molar-refractivity contribution in [1.29, 1.82) is 0 Å². The van der Waals surface area contributed by atoms with E-state index in [1.165, 1.54) is 24.8 Å². The first-order chi connectivity index (χ1) is 12.5. The smallest absolute Gasteiger partial charge is 0.239 e. The van der Waals surface area contributed by atoms with Crippen LogP contribution in [0.4, 0.5) is 0 Å². The van der Waals surface area contributed by atoms with Crippen LogP contribution in [-0.2, 0) is 9.59 Å². The maximum Gasteiger partial charge on any atom is 0.239 e. The van der Waals surface area contributed by atoms with Gasteiger partial charge in [0, 0.05) is 44.1 Å².